The third kappa shape index (κ3) is 11.2. The third-order valence-corrected chi connectivity index (χ3v) is 7.07. The lowest BCUT2D eigenvalue weighted by Crippen LogP contribution is -2.25. The van der Waals surface area contributed by atoms with Crippen molar-refractivity contribution in [2.75, 3.05) is 35.6 Å². The van der Waals surface area contributed by atoms with Crippen LogP contribution >= 0.6 is 0 Å². The van der Waals surface area contributed by atoms with E-state index in [1.54, 1.807) is 0 Å². The van der Waals surface area contributed by atoms with Gasteiger partial charge in [-0.2, -0.15) is 26.3 Å². The van der Waals surface area contributed by atoms with Crippen LogP contribution in [-0.2, 0) is 17.1 Å². The van der Waals surface area contributed by atoms with Crippen LogP contribution in [0.25, 0.3) is 0 Å². The number of aliphatic imine (C=N–C) groups is 1. The molecule has 3 amide bonds. The van der Waals surface area contributed by atoms with Gasteiger partial charge in [-0.25, -0.2) is 4.79 Å². The summed E-state index contributed by atoms with van der Waals surface area (Å²) in [5.74, 6) is -0.729. The lowest BCUT2D eigenvalue weighted by molar-refractivity contribution is -0.138. The number of benzene rings is 3. The number of alkyl halides is 6. The number of nitrogens with zero attached hydrogens (tertiary/aromatic N) is 1. The minimum Gasteiger partial charge on any atom is -0.485 e. The maximum atomic E-state index is 14.0. The van der Waals surface area contributed by atoms with Crippen molar-refractivity contribution in [1.82, 2.24) is 5.32 Å². The molecule has 0 bridgehead atoms. The Morgan fingerprint density at radius 3 is 2.14 bits per heavy atom. The Balaban J connectivity index is 1.52. The van der Waals surface area contributed by atoms with Gasteiger partial charge in [0.1, 0.15) is 17.6 Å². The van der Waals surface area contributed by atoms with E-state index in [-0.39, 0.29) is 53.2 Å². The predicted octanol–water partition coefficient (Wildman–Crippen LogP) is 6.59. The maximum absolute atomic E-state index is 14.0. The van der Waals surface area contributed by atoms with Crippen LogP contribution in [0.1, 0.15) is 42.4 Å². The molecule has 1 aliphatic rings. The zero-order chi connectivity index (χ0) is 35.8. The highest BCUT2D eigenvalue weighted by molar-refractivity contribution is 6.02. The summed E-state index contributed by atoms with van der Waals surface area (Å²) in [4.78, 5) is 29.6. The van der Waals surface area contributed by atoms with E-state index in [4.69, 9.17) is 20.9 Å². The van der Waals surface area contributed by atoms with E-state index < -0.39 is 41.5 Å². The van der Waals surface area contributed by atoms with Crippen molar-refractivity contribution < 1.29 is 45.4 Å². The van der Waals surface area contributed by atoms with Gasteiger partial charge < -0.3 is 42.2 Å². The molecule has 4 rings (SSSR count). The molecular formula is C32H35F6N7O4. The van der Waals surface area contributed by atoms with Gasteiger partial charge in [-0.05, 0) is 92.9 Å². The van der Waals surface area contributed by atoms with Crippen molar-refractivity contribution in [1.29, 1.82) is 0 Å². The molecule has 0 spiro atoms. The Kier molecular flexibility index (Phi) is 11.8. The average Bonchev–Trinajstić information content (AvgIpc) is 3.51. The van der Waals surface area contributed by atoms with E-state index in [0.29, 0.717) is 44.0 Å². The molecule has 1 atom stereocenters. The molecule has 49 heavy (non-hydrogen) atoms. The molecule has 11 nitrogen and oxygen atoms in total. The molecule has 0 aliphatic carbocycles. The summed E-state index contributed by atoms with van der Waals surface area (Å²) in [6, 6.07) is 9.34. The number of nitrogens with two attached hydrogens (primary N) is 2. The number of ether oxygens (including phenoxy) is 2. The molecule has 3 aromatic rings. The van der Waals surface area contributed by atoms with Crippen LogP contribution in [-0.4, -0.2) is 43.6 Å². The monoisotopic (exact) mass is 695 g/mol. The minimum atomic E-state index is -4.84. The summed E-state index contributed by atoms with van der Waals surface area (Å²) >= 11 is 0. The number of carbonyl (C=O) groups is 2. The van der Waals surface area contributed by atoms with Gasteiger partial charge in [0.25, 0.3) is 0 Å². The van der Waals surface area contributed by atoms with Crippen LogP contribution in [0.5, 0.6) is 17.2 Å². The van der Waals surface area contributed by atoms with Crippen LogP contribution in [0.4, 0.5) is 48.2 Å². The number of urea groups is 1. The number of hydrogen-bond donors (Lipinski definition) is 6. The van der Waals surface area contributed by atoms with Crippen molar-refractivity contribution >= 4 is 35.0 Å². The van der Waals surface area contributed by atoms with Crippen LogP contribution < -0.4 is 42.2 Å². The van der Waals surface area contributed by atoms with Gasteiger partial charge in [-0.3, -0.25) is 9.79 Å². The maximum Gasteiger partial charge on any atom is 0.416 e. The van der Waals surface area contributed by atoms with Crippen molar-refractivity contribution in [2.24, 2.45) is 16.5 Å². The first-order chi connectivity index (χ1) is 23.1. The molecule has 1 heterocycles. The predicted molar refractivity (Wildman–Crippen MR) is 172 cm³/mol. The quantitative estimate of drug-likeness (QED) is 0.0538. The standard InChI is InChI=1S/C32H35F6N7O4/c1-18-12-19(31(33,34)35)14-24(13-18)48-22-7-5-21(6-8-22)43-30(47)45-26-16-20(32(36,37)38)15-25(28(26)49-23-9-11-41-17-23)44-27(46)4-2-3-10-42-29(39)40/h5-8,12-16,23,41H,2-4,9-11,17H2,1H3,(H,44,46)(H4,39,40,42)(H2,43,45,47)/t23-/m1/s1. The van der Waals surface area contributed by atoms with Gasteiger partial charge in [0.05, 0.1) is 22.5 Å². The van der Waals surface area contributed by atoms with Crippen molar-refractivity contribution in [3.63, 3.8) is 0 Å². The number of amides is 3. The highest BCUT2D eigenvalue weighted by Gasteiger charge is 2.34. The number of anilines is 3. The van der Waals surface area contributed by atoms with Gasteiger partial charge >= 0.3 is 18.4 Å². The topological polar surface area (TPSA) is 165 Å². The highest BCUT2D eigenvalue weighted by atomic mass is 19.4. The molecule has 0 saturated carbocycles. The van der Waals surface area contributed by atoms with Gasteiger partial charge in [-0.15, -0.1) is 0 Å². The number of aryl methyl sites for hydroxylation is 1. The molecule has 0 aromatic heterocycles. The second-order valence-corrected chi connectivity index (χ2v) is 11.2. The van der Waals surface area contributed by atoms with Crippen molar-refractivity contribution in [2.45, 2.75) is 51.1 Å². The average molecular weight is 696 g/mol. The van der Waals surface area contributed by atoms with Gasteiger partial charge in [0.2, 0.25) is 5.91 Å². The number of guanidine groups is 1. The van der Waals surface area contributed by atoms with E-state index >= 15 is 0 Å². The summed E-state index contributed by atoms with van der Waals surface area (Å²) in [5.41, 5.74) is 8.45. The largest absolute Gasteiger partial charge is 0.485 e. The Labute approximate surface area is 277 Å². The molecule has 8 N–H and O–H groups in total. The van der Waals surface area contributed by atoms with Crippen LogP contribution in [0.15, 0.2) is 59.6 Å². The second-order valence-electron chi connectivity index (χ2n) is 11.2. The van der Waals surface area contributed by atoms with Crippen molar-refractivity contribution in [3.8, 4) is 17.2 Å². The Morgan fingerprint density at radius 2 is 1.53 bits per heavy atom. The summed E-state index contributed by atoms with van der Waals surface area (Å²) in [6.07, 6.45) is -8.57. The fourth-order valence-electron chi connectivity index (χ4n) is 4.82. The minimum absolute atomic E-state index is 0.0446. The highest BCUT2D eigenvalue weighted by Crippen LogP contribution is 2.42. The first kappa shape index (κ1) is 36.6. The van der Waals surface area contributed by atoms with E-state index in [1.165, 1.54) is 37.3 Å². The molecule has 0 radical (unpaired) electrons. The van der Waals surface area contributed by atoms with Crippen LogP contribution in [0.2, 0.25) is 0 Å². The van der Waals surface area contributed by atoms with Gasteiger partial charge in [0.15, 0.2) is 11.7 Å². The zero-order valence-electron chi connectivity index (χ0n) is 26.2. The lowest BCUT2D eigenvalue weighted by Gasteiger charge is -2.22. The molecule has 0 unspecified atom stereocenters. The van der Waals surface area contributed by atoms with Crippen LogP contribution in [0.3, 0.4) is 0 Å². The summed E-state index contributed by atoms with van der Waals surface area (Å²) < 4.78 is 93.0. The Morgan fingerprint density at radius 1 is 0.878 bits per heavy atom. The molecule has 1 fully saturated rings. The second kappa shape index (κ2) is 15.8. The first-order valence-electron chi connectivity index (χ1n) is 15.1. The van der Waals surface area contributed by atoms with Crippen molar-refractivity contribution in [3.05, 3.63) is 71.3 Å². The number of hydrogen-bond acceptors (Lipinski definition) is 6. The zero-order valence-corrected chi connectivity index (χ0v) is 26.2. The van der Waals surface area contributed by atoms with Crippen LogP contribution in [0, 0.1) is 6.92 Å². The summed E-state index contributed by atoms with van der Waals surface area (Å²) in [6.45, 7) is 2.75. The number of rotatable bonds is 12. The number of halogens is 6. The van der Waals surface area contributed by atoms with E-state index in [0.717, 1.165) is 18.2 Å². The fourth-order valence-corrected chi connectivity index (χ4v) is 4.82. The SMILES string of the molecule is Cc1cc(Oc2ccc(NC(=O)Nc3cc(C(F)(F)F)cc(NC(=O)CCCCN=C(N)N)c3O[C@@H]3CCNC3)cc2)cc(C(F)(F)F)c1. The molecule has 264 valence electrons. The number of nitrogens with one attached hydrogen (secondary N) is 4. The Bertz CT molecular complexity index is 1650. The molecule has 17 heteroatoms. The lowest BCUT2D eigenvalue weighted by atomic mass is 10.1. The van der Waals surface area contributed by atoms with E-state index in [2.05, 4.69) is 26.3 Å². The number of carbonyl (C=O) groups excluding carboxylic acids is 2. The Hall–Kier alpha value is -5.19. The molecule has 3 aromatic carbocycles. The first-order valence-corrected chi connectivity index (χ1v) is 15.1. The molecule has 1 aliphatic heterocycles. The van der Waals surface area contributed by atoms with E-state index in [1.807, 2.05) is 0 Å². The molecular weight excluding hydrogens is 660 g/mol. The summed E-state index contributed by atoms with van der Waals surface area (Å²) in [5, 5.41) is 10.4. The van der Waals surface area contributed by atoms with Gasteiger partial charge in [0, 0.05) is 25.2 Å². The third-order valence-electron chi connectivity index (χ3n) is 7.07. The van der Waals surface area contributed by atoms with E-state index in [9.17, 15) is 35.9 Å². The molecule has 1 saturated heterocycles. The summed E-state index contributed by atoms with van der Waals surface area (Å²) in [7, 11) is 0. The smallest absolute Gasteiger partial charge is 0.416 e. The fraction of sp³-hybridized carbons (Fsp3) is 0.344. The normalized spacial score (nSPS) is 14.6. The van der Waals surface area contributed by atoms with Gasteiger partial charge in [-0.1, -0.05) is 0 Å². The number of unbranched alkanes of at least 4 members (excludes halogenated alkanes) is 1.